The van der Waals surface area contributed by atoms with Crippen LogP contribution >= 0.6 is 23.2 Å². The normalized spacial score (nSPS) is 10.2. The molecule has 0 aliphatic rings. The molecule has 4 nitrogen and oxygen atoms in total. The molecule has 110 valence electrons. The molecular formula is C15H14Cl2N2O2. The Labute approximate surface area is 132 Å². The number of rotatable bonds is 4. The second kappa shape index (κ2) is 6.70. The van der Waals surface area contributed by atoms with Crippen LogP contribution < -0.4 is 15.8 Å². The number of benzene rings is 2. The molecule has 0 aromatic heterocycles. The van der Waals surface area contributed by atoms with E-state index in [0.29, 0.717) is 27.0 Å². The smallest absolute Gasteiger partial charge is 0.253 e. The number of hydrogen-bond acceptors (Lipinski definition) is 3. The van der Waals surface area contributed by atoms with Crippen molar-refractivity contribution in [3.63, 3.8) is 0 Å². The summed E-state index contributed by atoms with van der Waals surface area (Å²) in [6.07, 6.45) is 0. The van der Waals surface area contributed by atoms with Crippen LogP contribution in [0, 0.1) is 0 Å². The van der Waals surface area contributed by atoms with Gasteiger partial charge in [-0.15, -0.1) is 0 Å². The van der Waals surface area contributed by atoms with Crippen molar-refractivity contribution in [2.45, 2.75) is 6.54 Å². The highest BCUT2D eigenvalue weighted by molar-refractivity contribution is 6.35. The average Bonchev–Trinajstić information content (AvgIpc) is 2.47. The molecule has 0 radical (unpaired) electrons. The van der Waals surface area contributed by atoms with E-state index in [2.05, 4.69) is 5.32 Å². The third kappa shape index (κ3) is 3.80. The lowest BCUT2D eigenvalue weighted by molar-refractivity contribution is 0.0951. The van der Waals surface area contributed by atoms with Gasteiger partial charge in [0, 0.05) is 22.8 Å². The Bertz CT molecular complexity index is 675. The Kier molecular flexibility index (Phi) is 4.94. The minimum Gasteiger partial charge on any atom is -0.496 e. The van der Waals surface area contributed by atoms with Gasteiger partial charge in [-0.1, -0.05) is 23.2 Å². The van der Waals surface area contributed by atoms with E-state index in [1.165, 1.54) is 6.07 Å². The van der Waals surface area contributed by atoms with E-state index >= 15 is 0 Å². The Morgan fingerprint density at radius 1 is 1.24 bits per heavy atom. The lowest BCUT2D eigenvalue weighted by Crippen LogP contribution is -2.23. The monoisotopic (exact) mass is 324 g/mol. The fraction of sp³-hybridized carbons (Fsp3) is 0.133. The summed E-state index contributed by atoms with van der Waals surface area (Å²) in [6.45, 7) is 0.274. The van der Waals surface area contributed by atoms with Gasteiger partial charge in [0.25, 0.3) is 5.91 Å². The third-order valence-corrected chi connectivity index (χ3v) is 3.48. The molecule has 0 bridgehead atoms. The number of nitrogen functional groups attached to an aromatic ring is 1. The van der Waals surface area contributed by atoms with Gasteiger partial charge in [-0.25, -0.2) is 0 Å². The molecule has 2 aromatic carbocycles. The van der Waals surface area contributed by atoms with E-state index < -0.39 is 0 Å². The van der Waals surface area contributed by atoms with E-state index in [4.69, 9.17) is 33.7 Å². The van der Waals surface area contributed by atoms with Crippen LogP contribution in [-0.4, -0.2) is 13.0 Å². The fourth-order valence-corrected chi connectivity index (χ4v) is 2.25. The van der Waals surface area contributed by atoms with Crippen LogP contribution in [0.15, 0.2) is 36.4 Å². The summed E-state index contributed by atoms with van der Waals surface area (Å²) in [5.74, 6) is 0.341. The Morgan fingerprint density at radius 2 is 2.00 bits per heavy atom. The van der Waals surface area contributed by atoms with Crippen LogP contribution in [0.4, 0.5) is 5.69 Å². The van der Waals surface area contributed by atoms with Gasteiger partial charge >= 0.3 is 0 Å². The molecule has 3 N–H and O–H groups in total. The number of halogens is 2. The van der Waals surface area contributed by atoms with E-state index in [-0.39, 0.29) is 12.5 Å². The minimum absolute atomic E-state index is 0.274. The maximum absolute atomic E-state index is 12.1. The molecule has 0 aliphatic heterocycles. The second-order valence-electron chi connectivity index (χ2n) is 4.38. The highest BCUT2D eigenvalue weighted by atomic mass is 35.5. The van der Waals surface area contributed by atoms with Crippen molar-refractivity contribution in [1.82, 2.24) is 5.32 Å². The number of nitrogens with one attached hydrogen (secondary N) is 1. The molecule has 2 aromatic rings. The third-order valence-electron chi connectivity index (χ3n) is 2.92. The molecule has 0 fully saturated rings. The fourth-order valence-electron chi connectivity index (χ4n) is 1.88. The number of nitrogens with two attached hydrogens (primary N) is 1. The first kappa shape index (κ1) is 15.5. The van der Waals surface area contributed by atoms with Crippen molar-refractivity contribution < 1.29 is 9.53 Å². The lowest BCUT2D eigenvalue weighted by atomic mass is 10.1. The van der Waals surface area contributed by atoms with Crippen LogP contribution in [-0.2, 0) is 6.54 Å². The molecule has 0 saturated carbocycles. The molecular weight excluding hydrogens is 311 g/mol. The summed E-state index contributed by atoms with van der Waals surface area (Å²) in [4.78, 5) is 12.1. The highest BCUT2D eigenvalue weighted by Crippen LogP contribution is 2.23. The predicted molar refractivity (Wildman–Crippen MR) is 85.0 cm³/mol. The first-order valence-electron chi connectivity index (χ1n) is 6.17. The highest BCUT2D eigenvalue weighted by Gasteiger charge is 2.12. The maximum Gasteiger partial charge on any atom is 0.253 e. The van der Waals surface area contributed by atoms with Gasteiger partial charge in [0.1, 0.15) is 5.75 Å². The van der Waals surface area contributed by atoms with Crippen LogP contribution in [0.1, 0.15) is 15.9 Å². The number of carbonyl (C=O) groups excluding carboxylic acids is 1. The van der Waals surface area contributed by atoms with E-state index in [0.717, 1.165) is 5.56 Å². The summed E-state index contributed by atoms with van der Waals surface area (Å²) in [5, 5.41) is 3.56. The number of ether oxygens (including phenoxy) is 1. The van der Waals surface area contributed by atoms with Crippen LogP contribution in [0.3, 0.4) is 0 Å². The zero-order valence-electron chi connectivity index (χ0n) is 11.3. The Balaban J connectivity index is 2.14. The largest absolute Gasteiger partial charge is 0.496 e. The molecule has 6 heteroatoms. The van der Waals surface area contributed by atoms with Crippen LogP contribution in [0.5, 0.6) is 5.75 Å². The molecule has 0 aliphatic carbocycles. The number of methoxy groups -OCH3 is 1. The SMILES string of the molecule is COc1ccc(N)cc1CNC(=O)c1cc(Cl)ccc1Cl. The topological polar surface area (TPSA) is 64.3 Å². The zero-order chi connectivity index (χ0) is 15.4. The summed E-state index contributed by atoms with van der Waals surface area (Å²) >= 11 is 11.9. The summed E-state index contributed by atoms with van der Waals surface area (Å²) < 4.78 is 5.23. The van der Waals surface area contributed by atoms with Gasteiger partial charge in [-0.05, 0) is 36.4 Å². The standard InChI is InChI=1S/C15H14Cl2N2O2/c1-21-14-5-3-11(18)6-9(14)8-19-15(20)12-7-10(16)2-4-13(12)17/h2-7H,8,18H2,1H3,(H,19,20). The van der Waals surface area contributed by atoms with E-state index in [1.54, 1.807) is 37.4 Å². The first-order valence-corrected chi connectivity index (χ1v) is 6.92. The second-order valence-corrected chi connectivity index (χ2v) is 5.22. The van der Waals surface area contributed by atoms with Gasteiger partial charge in [0.2, 0.25) is 0 Å². The quantitative estimate of drug-likeness (QED) is 0.846. The van der Waals surface area contributed by atoms with Gasteiger partial charge in [0.05, 0.1) is 17.7 Å². The van der Waals surface area contributed by atoms with Crippen molar-refractivity contribution in [2.24, 2.45) is 0 Å². The molecule has 0 spiro atoms. The van der Waals surface area contributed by atoms with Gasteiger partial charge < -0.3 is 15.8 Å². The molecule has 0 unspecified atom stereocenters. The van der Waals surface area contributed by atoms with Crippen molar-refractivity contribution in [1.29, 1.82) is 0 Å². The van der Waals surface area contributed by atoms with Crippen LogP contribution in [0.2, 0.25) is 10.0 Å². The molecule has 2 rings (SSSR count). The predicted octanol–water partition coefficient (Wildman–Crippen LogP) is 3.51. The number of carbonyl (C=O) groups is 1. The molecule has 1 amide bonds. The van der Waals surface area contributed by atoms with E-state index in [1.807, 2.05) is 0 Å². The minimum atomic E-state index is -0.313. The van der Waals surface area contributed by atoms with Crippen molar-refractivity contribution in [3.05, 3.63) is 57.6 Å². The number of amides is 1. The zero-order valence-corrected chi connectivity index (χ0v) is 12.8. The maximum atomic E-state index is 12.1. The summed E-state index contributed by atoms with van der Waals surface area (Å²) in [7, 11) is 1.56. The lowest BCUT2D eigenvalue weighted by Gasteiger charge is -2.11. The van der Waals surface area contributed by atoms with Gasteiger partial charge in [-0.2, -0.15) is 0 Å². The molecule has 21 heavy (non-hydrogen) atoms. The van der Waals surface area contributed by atoms with Gasteiger partial charge in [0.15, 0.2) is 0 Å². The first-order chi connectivity index (χ1) is 10.0. The molecule has 0 atom stereocenters. The van der Waals surface area contributed by atoms with Crippen molar-refractivity contribution in [2.75, 3.05) is 12.8 Å². The van der Waals surface area contributed by atoms with Gasteiger partial charge in [-0.3, -0.25) is 4.79 Å². The van der Waals surface area contributed by atoms with Crippen LogP contribution in [0.25, 0.3) is 0 Å². The van der Waals surface area contributed by atoms with Crippen molar-refractivity contribution >= 4 is 34.8 Å². The van der Waals surface area contributed by atoms with Crippen molar-refractivity contribution in [3.8, 4) is 5.75 Å². The summed E-state index contributed by atoms with van der Waals surface area (Å²) in [5.41, 5.74) is 7.44. The molecule has 0 saturated heterocycles. The van der Waals surface area contributed by atoms with E-state index in [9.17, 15) is 4.79 Å². The summed E-state index contributed by atoms with van der Waals surface area (Å²) in [6, 6.07) is 9.97. The molecule has 0 heterocycles. The Hall–Kier alpha value is -1.91. The number of anilines is 1. The average molecular weight is 325 g/mol. The Morgan fingerprint density at radius 3 is 2.71 bits per heavy atom. The number of hydrogen-bond donors (Lipinski definition) is 2.